The number of nitrogen functional groups attached to an aromatic ring is 1. The first kappa shape index (κ1) is 17.0. The van der Waals surface area contributed by atoms with E-state index in [-0.39, 0.29) is 24.8 Å². The predicted molar refractivity (Wildman–Crippen MR) is 82.6 cm³/mol. The maximum atomic E-state index is 6.00. The SMILES string of the molecule is CN(C)[C@H]1CCc2c(N)ccc(Br)c2C1.Cl.Cl. The van der Waals surface area contributed by atoms with E-state index in [0.717, 1.165) is 18.5 Å². The van der Waals surface area contributed by atoms with Gasteiger partial charge in [0, 0.05) is 16.2 Å². The number of anilines is 1. The van der Waals surface area contributed by atoms with E-state index in [9.17, 15) is 0 Å². The summed E-state index contributed by atoms with van der Waals surface area (Å²) in [6.07, 6.45) is 3.41. The topological polar surface area (TPSA) is 29.3 Å². The van der Waals surface area contributed by atoms with Crippen molar-refractivity contribution in [2.45, 2.75) is 25.3 Å². The van der Waals surface area contributed by atoms with E-state index in [1.165, 1.54) is 22.0 Å². The lowest BCUT2D eigenvalue weighted by Gasteiger charge is -2.31. The van der Waals surface area contributed by atoms with E-state index in [4.69, 9.17) is 5.73 Å². The first-order valence-electron chi connectivity index (χ1n) is 5.31. The lowest BCUT2D eigenvalue weighted by atomic mass is 9.87. The van der Waals surface area contributed by atoms with Gasteiger partial charge in [0.15, 0.2) is 0 Å². The second kappa shape index (κ2) is 6.83. The highest BCUT2D eigenvalue weighted by Gasteiger charge is 2.23. The quantitative estimate of drug-likeness (QED) is 0.794. The molecule has 0 bridgehead atoms. The minimum atomic E-state index is 0. The van der Waals surface area contributed by atoms with Gasteiger partial charge in [0.25, 0.3) is 0 Å². The molecule has 0 fully saturated rings. The Labute approximate surface area is 124 Å². The highest BCUT2D eigenvalue weighted by molar-refractivity contribution is 9.10. The Morgan fingerprint density at radius 1 is 1.24 bits per heavy atom. The molecule has 0 saturated heterocycles. The smallest absolute Gasteiger partial charge is 0.0350 e. The molecule has 98 valence electrons. The van der Waals surface area contributed by atoms with Crippen molar-refractivity contribution >= 4 is 46.4 Å². The fourth-order valence-electron chi connectivity index (χ4n) is 2.29. The summed E-state index contributed by atoms with van der Waals surface area (Å²) in [5, 5.41) is 0. The third kappa shape index (κ3) is 3.50. The van der Waals surface area contributed by atoms with Crippen molar-refractivity contribution < 1.29 is 0 Å². The molecular formula is C12H19BrCl2N2. The average molecular weight is 342 g/mol. The fourth-order valence-corrected chi connectivity index (χ4v) is 2.82. The Balaban J connectivity index is 0.00000128. The van der Waals surface area contributed by atoms with Gasteiger partial charge in [-0.2, -0.15) is 0 Å². The summed E-state index contributed by atoms with van der Waals surface area (Å²) in [4.78, 5) is 2.30. The van der Waals surface area contributed by atoms with Gasteiger partial charge in [-0.1, -0.05) is 15.9 Å². The molecule has 0 radical (unpaired) electrons. The second-order valence-electron chi connectivity index (χ2n) is 4.45. The summed E-state index contributed by atoms with van der Waals surface area (Å²) in [5.74, 6) is 0. The molecule has 0 unspecified atom stereocenters. The number of rotatable bonds is 1. The Bertz CT molecular complexity index is 383. The highest BCUT2D eigenvalue weighted by Crippen LogP contribution is 2.33. The number of nitrogens with zero attached hydrogens (tertiary/aromatic N) is 1. The van der Waals surface area contributed by atoms with Crippen LogP contribution < -0.4 is 5.73 Å². The Hall–Kier alpha value is 0.0400. The van der Waals surface area contributed by atoms with Gasteiger partial charge in [-0.3, -0.25) is 0 Å². The van der Waals surface area contributed by atoms with E-state index in [1.54, 1.807) is 0 Å². The van der Waals surface area contributed by atoms with Crippen LogP contribution in [0.25, 0.3) is 0 Å². The zero-order chi connectivity index (χ0) is 11.0. The normalized spacial score (nSPS) is 18.0. The second-order valence-corrected chi connectivity index (χ2v) is 5.31. The molecule has 0 heterocycles. The van der Waals surface area contributed by atoms with Crippen molar-refractivity contribution in [3.05, 3.63) is 27.7 Å². The number of halogens is 3. The van der Waals surface area contributed by atoms with Crippen molar-refractivity contribution in [2.75, 3.05) is 19.8 Å². The minimum Gasteiger partial charge on any atom is -0.398 e. The predicted octanol–water partition coefficient (Wildman–Crippen LogP) is 3.29. The van der Waals surface area contributed by atoms with Crippen molar-refractivity contribution in [1.82, 2.24) is 4.90 Å². The summed E-state index contributed by atoms with van der Waals surface area (Å²) in [6.45, 7) is 0. The largest absolute Gasteiger partial charge is 0.398 e. The van der Waals surface area contributed by atoms with Gasteiger partial charge in [-0.15, -0.1) is 24.8 Å². The van der Waals surface area contributed by atoms with E-state index in [0.29, 0.717) is 6.04 Å². The van der Waals surface area contributed by atoms with Crippen LogP contribution in [0.1, 0.15) is 17.5 Å². The van der Waals surface area contributed by atoms with Crippen LogP contribution in [0.4, 0.5) is 5.69 Å². The van der Waals surface area contributed by atoms with Crippen molar-refractivity contribution in [2.24, 2.45) is 0 Å². The standard InChI is InChI=1S/C12H17BrN2.2ClH/c1-15(2)8-3-4-9-10(7-8)11(13)5-6-12(9)14;;/h5-6,8H,3-4,7,14H2,1-2H3;2*1H/t8-;;/m0../s1. The molecule has 0 aromatic heterocycles. The third-order valence-corrected chi connectivity index (χ3v) is 4.05. The van der Waals surface area contributed by atoms with Gasteiger partial charge >= 0.3 is 0 Å². The van der Waals surface area contributed by atoms with Crippen LogP contribution in [0.5, 0.6) is 0 Å². The summed E-state index contributed by atoms with van der Waals surface area (Å²) >= 11 is 3.62. The number of fused-ring (bicyclic) bond motifs is 1. The number of hydrogen-bond donors (Lipinski definition) is 1. The molecular weight excluding hydrogens is 323 g/mol. The van der Waals surface area contributed by atoms with Crippen molar-refractivity contribution in [1.29, 1.82) is 0 Å². The molecule has 1 aromatic carbocycles. The van der Waals surface area contributed by atoms with Crippen LogP contribution in [-0.2, 0) is 12.8 Å². The molecule has 1 aliphatic rings. The number of likely N-dealkylation sites (N-methyl/N-ethyl adjacent to an activating group) is 1. The van der Waals surface area contributed by atoms with Crippen LogP contribution in [-0.4, -0.2) is 25.0 Å². The molecule has 1 aromatic rings. The van der Waals surface area contributed by atoms with Gasteiger partial charge in [0.1, 0.15) is 0 Å². The zero-order valence-corrected chi connectivity index (χ0v) is 13.3. The number of benzene rings is 1. The van der Waals surface area contributed by atoms with Crippen LogP contribution >= 0.6 is 40.7 Å². The first-order valence-corrected chi connectivity index (χ1v) is 6.11. The summed E-state index contributed by atoms with van der Waals surface area (Å²) < 4.78 is 1.21. The monoisotopic (exact) mass is 340 g/mol. The molecule has 5 heteroatoms. The van der Waals surface area contributed by atoms with Crippen molar-refractivity contribution in [3.8, 4) is 0 Å². The van der Waals surface area contributed by atoms with Crippen LogP contribution in [0, 0.1) is 0 Å². The van der Waals surface area contributed by atoms with Gasteiger partial charge in [-0.05, 0) is 56.6 Å². The van der Waals surface area contributed by atoms with E-state index in [2.05, 4.69) is 41.0 Å². The lowest BCUT2D eigenvalue weighted by molar-refractivity contribution is 0.268. The van der Waals surface area contributed by atoms with E-state index in [1.807, 2.05) is 6.07 Å². The average Bonchev–Trinajstić information content (AvgIpc) is 2.23. The molecule has 2 nitrogen and oxygen atoms in total. The van der Waals surface area contributed by atoms with Crippen LogP contribution in [0.15, 0.2) is 16.6 Å². The van der Waals surface area contributed by atoms with E-state index >= 15 is 0 Å². The van der Waals surface area contributed by atoms with Gasteiger partial charge in [0.05, 0.1) is 0 Å². The molecule has 1 atom stereocenters. The third-order valence-electron chi connectivity index (χ3n) is 3.31. The van der Waals surface area contributed by atoms with Gasteiger partial charge in [0.2, 0.25) is 0 Å². The van der Waals surface area contributed by atoms with Crippen LogP contribution in [0.3, 0.4) is 0 Å². The summed E-state index contributed by atoms with van der Waals surface area (Å²) in [7, 11) is 4.30. The number of nitrogens with two attached hydrogens (primary N) is 1. The minimum absolute atomic E-state index is 0. The zero-order valence-electron chi connectivity index (χ0n) is 10.1. The molecule has 0 saturated carbocycles. The van der Waals surface area contributed by atoms with Crippen molar-refractivity contribution in [3.63, 3.8) is 0 Å². The molecule has 2 N–H and O–H groups in total. The van der Waals surface area contributed by atoms with Crippen LogP contribution in [0.2, 0.25) is 0 Å². The Kier molecular flexibility index (Phi) is 6.85. The molecule has 17 heavy (non-hydrogen) atoms. The summed E-state index contributed by atoms with van der Waals surface area (Å²) in [6, 6.07) is 4.71. The molecule has 1 aliphatic carbocycles. The van der Waals surface area contributed by atoms with Gasteiger partial charge in [-0.25, -0.2) is 0 Å². The highest BCUT2D eigenvalue weighted by atomic mass is 79.9. The maximum Gasteiger partial charge on any atom is 0.0350 e. The lowest BCUT2D eigenvalue weighted by Crippen LogP contribution is -2.33. The maximum absolute atomic E-state index is 6.00. The molecule has 0 aliphatic heterocycles. The van der Waals surface area contributed by atoms with Gasteiger partial charge < -0.3 is 10.6 Å². The summed E-state index contributed by atoms with van der Waals surface area (Å²) in [5.41, 5.74) is 9.70. The first-order chi connectivity index (χ1) is 7.09. The molecule has 2 rings (SSSR count). The molecule has 0 amide bonds. The fraction of sp³-hybridized carbons (Fsp3) is 0.500. The Morgan fingerprint density at radius 2 is 1.88 bits per heavy atom. The number of hydrogen-bond acceptors (Lipinski definition) is 2. The Morgan fingerprint density at radius 3 is 2.47 bits per heavy atom. The molecule has 0 spiro atoms. The van der Waals surface area contributed by atoms with E-state index < -0.39 is 0 Å².